The molecule has 4 N–H and O–H groups in total. The highest BCUT2D eigenvalue weighted by atomic mass is 32.1. The van der Waals surface area contributed by atoms with E-state index in [4.69, 9.17) is 11.5 Å². The van der Waals surface area contributed by atoms with E-state index >= 15 is 0 Å². The molecule has 16 heavy (non-hydrogen) atoms. The average Bonchev–Trinajstić information content (AvgIpc) is 2.66. The Morgan fingerprint density at radius 3 is 2.38 bits per heavy atom. The van der Waals surface area contributed by atoms with Crippen molar-refractivity contribution >= 4 is 27.7 Å². The number of hydrogen-bond donors (Lipinski definition) is 2. The first-order chi connectivity index (χ1) is 7.59. The average molecular weight is 235 g/mol. The fourth-order valence-electron chi connectivity index (χ4n) is 1.47. The number of thiophene rings is 1. The molecule has 82 valence electrons. The van der Waals surface area contributed by atoms with Crippen molar-refractivity contribution < 1.29 is 4.92 Å². The molecule has 2 rings (SSSR count). The molecule has 0 unspecified atom stereocenters. The van der Waals surface area contributed by atoms with Crippen LogP contribution in [0.5, 0.6) is 0 Å². The second-order valence-electron chi connectivity index (χ2n) is 3.24. The summed E-state index contributed by atoms with van der Waals surface area (Å²) < 4.78 is 0. The fraction of sp³-hybridized carbons (Fsp3) is 0. The zero-order chi connectivity index (χ0) is 11.7. The summed E-state index contributed by atoms with van der Waals surface area (Å²) in [5, 5.41) is 12.3. The number of nitro groups is 1. The molecule has 0 atom stereocenters. The van der Waals surface area contributed by atoms with E-state index in [9.17, 15) is 10.1 Å². The van der Waals surface area contributed by atoms with Crippen LogP contribution in [0.2, 0.25) is 0 Å². The van der Waals surface area contributed by atoms with Crippen LogP contribution in [0.15, 0.2) is 29.6 Å². The summed E-state index contributed by atoms with van der Waals surface area (Å²) in [5.41, 5.74) is 14.0. The lowest BCUT2D eigenvalue weighted by Crippen LogP contribution is -1.94. The van der Waals surface area contributed by atoms with Gasteiger partial charge in [0, 0.05) is 33.9 Å². The minimum absolute atomic E-state index is 0.0812. The van der Waals surface area contributed by atoms with Crippen LogP contribution in [0.4, 0.5) is 16.4 Å². The van der Waals surface area contributed by atoms with Gasteiger partial charge in [0.2, 0.25) is 0 Å². The molecule has 0 spiro atoms. The number of rotatable bonds is 2. The highest BCUT2D eigenvalue weighted by Crippen LogP contribution is 2.36. The smallest absolute Gasteiger partial charge is 0.324 e. The van der Waals surface area contributed by atoms with Crippen LogP contribution in [0.1, 0.15) is 0 Å². The number of nitrogens with zero attached hydrogens (tertiary/aromatic N) is 1. The Morgan fingerprint density at radius 1 is 1.25 bits per heavy atom. The Balaban J connectivity index is 2.54. The van der Waals surface area contributed by atoms with E-state index in [1.54, 1.807) is 23.6 Å². The van der Waals surface area contributed by atoms with Crippen molar-refractivity contribution in [2.45, 2.75) is 0 Å². The van der Waals surface area contributed by atoms with E-state index in [0.29, 0.717) is 22.5 Å². The van der Waals surface area contributed by atoms with Gasteiger partial charge < -0.3 is 11.5 Å². The van der Waals surface area contributed by atoms with Crippen LogP contribution >= 0.6 is 11.3 Å². The third-order valence-electron chi connectivity index (χ3n) is 2.18. The van der Waals surface area contributed by atoms with Gasteiger partial charge in [0.15, 0.2) is 0 Å². The van der Waals surface area contributed by atoms with Crippen LogP contribution < -0.4 is 11.5 Å². The van der Waals surface area contributed by atoms with Crippen molar-refractivity contribution in [3.8, 4) is 11.1 Å². The number of nitrogen functional groups attached to an aromatic ring is 2. The Kier molecular flexibility index (Phi) is 2.49. The molecule has 5 nitrogen and oxygen atoms in total. The fourth-order valence-corrected chi connectivity index (χ4v) is 2.19. The third-order valence-corrected chi connectivity index (χ3v) is 3.06. The van der Waals surface area contributed by atoms with Gasteiger partial charge in [-0.1, -0.05) is 17.4 Å². The van der Waals surface area contributed by atoms with Crippen LogP contribution in [0.25, 0.3) is 11.1 Å². The predicted molar refractivity (Wildman–Crippen MR) is 65.2 cm³/mol. The second kappa shape index (κ2) is 3.82. The lowest BCUT2D eigenvalue weighted by atomic mass is 10.1. The van der Waals surface area contributed by atoms with E-state index < -0.39 is 4.92 Å². The quantitative estimate of drug-likeness (QED) is 0.475. The van der Waals surface area contributed by atoms with Gasteiger partial charge in [-0.3, -0.25) is 10.1 Å². The maximum Gasteiger partial charge on any atom is 0.324 e. The summed E-state index contributed by atoms with van der Waals surface area (Å²) in [6, 6.07) is 6.66. The summed E-state index contributed by atoms with van der Waals surface area (Å²) in [6.45, 7) is 0. The van der Waals surface area contributed by atoms with Gasteiger partial charge in [-0.2, -0.15) is 0 Å². The van der Waals surface area contributed by atoms with E-state index in [0.717, 1.165) is 11.3 Å². The van der Waals surface area contributed by atoms with Gasteiger partial charge in [0.05, 0.1) is 4.92 Å². The molecular weight excluding hydrogens is 226 g/mol. The standard InChI is InChI=1S/C10H9N3O2S/c11-7-2-1-3-8(12)10(7)6-4-9(13(14)15)16-5-6/h1-5H,11-12H2. The maximum absolute atomic E-state index is 10.6. The van der Waals surface area contributed by atoms with Crippen LogP contribution in [0, 0.1) is 10.1 Å². The molecule has 1 aromatic heterocycles. The number of benzene rings is 1. The van der Waals surface area contributed by atoms with Gasteiger partial charge >= 0.3 is 5.00 Å². The third kappa shape index (κ3) is 1.70. The summed E-state index contributed by atoms with van der Waals surface area (Å²) in [6.07, 6.45) is 0. The zero-order valence-electron chi connectivity index (χ0n) is 8.21. The minimum atomic E-state index is -0.427. The van der Waals surface area contributed by atoms with Crippen molar-refractivity contribution in [1.29, 1.82) is 0 Å². The molecule has 0 aliphatic heterocycles. The van der Waals surface area contributed by atoms with Crippen LogP contribution in [0.3, 0.4) is 0 Å². The first kappa shape index (κ1) is 10.4. The molecule has 0 aliphatic carbocycles. The largest absolute Gasteiger partial charge is 0.398 e. The van der Waals surface area contributed by atoms with Gasteiger partial charge in [0.25, 0.3) is 0 Å². The Morgan fingerprint density at radius 2 is 1.88 bits per heavy atom. The van der Waals surface area contributed by atoms with Crippen molar-refractivity contribution in [3.63, 3.8) is 0 Å². The minimum Gasteiger partial charge on any atom is -0.398 e. The van der Waals surface area contributed by atoms with Crippen molar-refractivity contribution in [2.24, 2.45) is 0 Å². The number of hydrogen-bond acceptors (Lipinski definition) is 5. The lowest BCUT2D eigenvalue weighted by Gasteiger charge is -2.06. The highest BCUT2D eigenvalue weighted by Gasteiger charge is 2.14. The van der Waals surface area contributed by atoms with Crippen molar-refractivity contribution in [2.75, 3.05) is 11.5 Å². The number of anilines is 2. The Bertz CT molecular complexity index is 530. The van der Waals surface area contributed by atoms with Crippen LogP contribution in [-0.4, -0.2) is 4.92 Å². The normalized spacial score (nSPS) is 10.2. The predicted octanol–water partition coefficient (Wildman–Crippen LogP) is 2.49. The summed E-state index contributed by atoms with van der Waals surface area (Å²) in [5.74, 6) is 0. The molecule has 0 bridgehead atoms. The first-order valence-electron chi connectivity index (χ1n) is 4.47. The molecule has 0 aliphatic rings. The molecule has 1 aromatic carbocycles. The van der Waals surface area contributed by atoms with Gasteiger partial charge in [0.1, 0.15) is 0 Å². The topological polar surface area (TPSA) is 95.2 Å². The zero-order valence-corrected chi connectivity index (χ0v) is 9.03. The van der Waals surface area contributed by atoms with Gasteiger partial charge in [-0.05, 0) is 12.1 Å². The molecule has 0 amide bonds. The lowest BCUT2D eigenvalue weighted by molar-refractivity contribution is -0.380. The first-order valence-corrected chi connectivity index (χ1v) is 5.35. The molecule has 1 heterocycles. The van der Waals surface area contributed by atoms with E-state index in [2.05, 4.69) is 0 Å². The van der Waals surface area contributed by atoms with Crippen LogP contribution in [-0.2, 0) is 0 Å². The molecule has 6 heteroatoms. The molecule has 0 saturated carbocycles. The Hall–Kier alpha value is -2.08. The second-order valence-corrected chi connectivity index (χ2v) is 4.13. The SMILES string of the molecule is Nc1cccc(N)c1-c1csc([N+](=O)[O-])c1. The van der Waals surface area contributed by atoms with Gasteiger partial charge in [-0.15, -0.1) is 0 Å². The van der Waals surface area contributed by atoms with E-state index in [1.165, 1.54) is 6.07 Å². The van der Waals surface area contributed by atoms with E-state index in [-0.39, 0.29) is 5.00 Å². The molecule has 0 radical (unpaired) electrons. The Labute approximate surface area is 95.5 Å². The molecule has 0 saturated heterocycles. The number of nitrogens with two attached hydrogens (primary N) is 2. The van der Waals surface area contributed by atoms with Crippen molar-refractivity contribution in [3.05, 3.63) is 39.8 Å². The molecule has 2 aromatic rings. The van der Waals surface area contributed by atoms with Gasteiger partial charge in [-0.25, -0.2) is 0 Å². The maximum atomic E-state index is 10.6. The van der Waals surface area contributed by atoms with E-state index in [1.807, 2.05) is 0 Å². The highest BCUT2D eigenvalue weighted by molar-refractivity contribution is 7.13. The monoisotopic (exact) mass is 235 g/mol. The van der Waals surface area contributed by atoms with Crippen molar-refractivity contribution in [1.82, 2.24) is 0 Å². The summed E-state index contributed by atoms with van der Waals surface area (Å²) >= 11 is 1.06. The molecule has 0 fully saturated rings. The summed E-state index contributed by atoms with van der Waals surface area (Å²) in [7, 11) is 0. The summed E-state index contributed by atoms with van der Waals surface area (Å²) in [4.78, 5) is 10.1. The molecular formula is C10H9N3O2S.